The van der Waals surface area contributed by atoms with Crippen molar-refractivity contribution in [3.05, 3.63) is 77.3 Å². The van der Waals surface area contributed by atoms with Crippen LogP contribution in [0.2, 0.25) is 0 Å². The molecule has 1 amide bonds. The van der Waals surface area contributed by atoms with E-state index in [1.54, 1.807) is 0 Å². The van der Waals surface area contributed by atoms with Crippen LogP contribution in [-0.4, -0.2) is 15.5 Å². The summed E-state index contributed by atoms with van der Waals surface area (Å²) in [5.41, 5.74) is 3.71. The zero-order valence-electron chi connectivity index (χ0n) is 13.8. The third-order valence-electron chi connectivity index (χ3n) is 4.20. The van der Waals surface area contributed by atoms with Crippen LogP contribution in [-0.2, 0) is 13.6 Å². The first-order valence-electron chi connectivity index (χ1n) is 8.05. The summed E-state index contributed by atoms with van der Waals surface area (Å²) in [7, 11) is 2.02. The minimum Gasteiger partial charge on any atom is -0.347 e. The van der Waals surface area contributed by atoms with Crippen LogP contribution in [0.3, 0.4) is 0 Å². The maximum absolute atomic E-state index is 12.3. The second kappa shape index (κ2) is 6.53. The van der Waals surface area contributed by atoms with Crippen LogP contribution in [0.15, 0.2) is 66.0 Å². The summed E-state index contributed by atoms with van der Waals surface area (Å²) < 4.78 is 2.11. The molecule has 1 N–H and O–H groups in total. The van der Waals surface area contributed by atoms with E-state index in [1.165, 1.54) is 16.7 Å². The molecule has 5 heteroatoms. The summed E-state index contributed by atoms with van der Waals surface area (Å²) in [4.78, 5) is 16.9. The van der Waals surface area contributed by atoms with Crippen LogP contribution in [0, 0.1) is 0 Å². The topological polar surface area (TPSA) is 46.9 Å². The highest BCUT2D eigenvalue weighted by Gasteiger charge is 2.15. The van der Waals surface area contributed by atoms with Crippen LogP contribution in [0.4, 0.5) is 0 Å². The molecule has 2 aromatic heterocycles. The van der Waals surface area contributed by atoms with Crippen molar-refractivity contribution in [3.63, 3.8) is 0 Å². The summed E-state index contributed by atoms with van der Waals surface area (Å²) in [6, 6.07) is 20.2. The molecule has 0 aliphatic carbocycles. The number of nitrogens with one attached hydrogen (secondary N) is 1. The summed E-state index contributed by atoms with van der Waals surface area (Å²) in [5, 5.41) is 6.75. The fourth-order valence-electron chi connectivity index (χ4n) is 2.86. The van der Waals surface area contributed by atoms with Gasteiger partial charge in [0.15, 0.2) is 0 Å². The maximum atomic E-state index is 12.3. The lowest BCUT2D eigenvalue weighted by Gasteiger charge is -2.03. The molecule has 2 aromatic carbocycles. The number of rotatable bonds is 4. The van der Waals surface area contributed by atoms with Crippen LogP contribution < -0.4 is 5.32 Å². The van der Waals surface area contributed by atoms with E-state index in [9.17, 15) is 4.79 Å². The van der Waals surface area contributed by atoms with Crippen molar-refractivity contribution in [2.45, 2.75) is 6.54 Å². The molecule has 0 radical (unpaired) electrons. The average molecular weight is 347 g/mol. The molecular weight excluding hydrogens is 330 g/mol. The van der Waals surface area contributed by atoms with Gasteiger partial charge < -0.3 is 9.88 Å². The number of nitrogens with zero attached hydrogens (tertiary/aromatic N) is 2. The highest BCUT2D eigenvalue weighted by atomic mass is 32.1. The van der Waals surface area contributed by atoms with Gasteiger partial charge in [0.05, 0.1) is 5.69 Å². The molecule has 124 valence electrons. The van der Waals surface area contributed by atoms with Crippen LogP contribution >= 0.6 is 11.3 Å². The summed E-state index contributed by atoms with van der Waals surface area (Å²) in [6.45, 7) is 0.501. The Morgan fingerprint density at radius 2 is 1.88 bits per heavy atom. The van der Waals surface area contributed by atoms with E-state index in [1.807, 2.05) is 54.9 Å². The van der Waals surface area contributed by atoms with Crippen molar-refractivity contribution in [1.29, 1.82) is 0 Å². The number of aromatic nitrogens is 2. The molecule has 0 aliphatic rings. The SMILES string of the molecule is Cn1c(-c2nc(C(=O)NCc3ccccc3)cs2)cc2ccccc21. The minimum atomic E-state index is -0.148. The molecule has 25 heavy (non-hydrogen) atoms. The number of benzene rings is 2. The second-order valence-electron chi connectivity index (χ2n) is 5.85. The van der Waals surface area contributed by atoms with Crippen molar-refractivity contribution in [1.82, 2.24) is 14.9 Å². The van der Waals surface area contributed by atoms with Crippen molar-refractivity contribution in [2.75, 3.05) is 0 Å². The Kier molecular flexibility index (Phi) is 4.07. The van der Waals surface area contributed by atoms with E-state index in [4.69, 9.17) is 0 Å². The first-order chi connectivity index (χ1) is 12.2. The van der Waals surface area contributed by atoms with Gasteiger partial charge in [-0.05, 0) is 17.7 Å². The Hall–Kier alpha value is -2.92. The molecule has 0 saturated heterocycles. The first-order valence-corrected chi connectivity index (χ1v) is 8.93. The largest absolute Gasteiger partial charge is 0.347 e. The molecule has 0 fully saturated rings. The number of fused-ring (bicyclic) bond motifs is 1. The van der Waals surface area contributed by atoms with Gasteiger partial charge in [0.1, 0.15) is 10.7 Å². The lowest BCUT2D eigenvalue weighted by atomic mass is 10.2. The first kappa shape index (κ1) is 15.6. The van der Waals surface area contributed by atoms with E-state index in [2.05, 4.69) is 33.1 Å². The van der Waals surface area contributed by atoms with Gasteiger partial charge in [0.2, 0.25) is 0 Å². The van der Waals surface area contributed by atoms with Crippen LogP contribution in [0.5, 0.6) is 0 Å². The van der Waals surface area contributed by atoms with Gasteiger partial charge in [0.25, 0.3) is 5.91 Å². The number of hydrogen-bond donors (Lipinski definition) is 1. The van der Waals surface area contributed by atoms with Crippen molar-refractivity contribution in [3.8, 4) is 10.7 Å². The predicted octanol–water partition coefficient (Wildman–Crippen LogP) is 4.23. The van der Waals surface area contributed by atoms with Gasteiger partial charge in [-0.3, -0.25) is 4.79 Å². The standard InChI is InChI=1S/C20H17N3OS/c1-23-17-10-6-5-9-15(17)11-18(23)20-22-16(13-25-20)19(24)21-12-14-7-3-2-4-8-14/h2-11,13H,12H2,1H3,(H,21,24). The number of thiazole rings is 1. The third kappa shape index (κ3) is 3.06. The monoisotopic (exact) mass is 347 g/mol. The Morgan fingerprint density at radius 3 is 2.68 bits per heavy atom. The molecule has 0 aliphatic heterocycles. The van der Waals surface area contributed by atoms with Crippen LogP contribution in [0.25, 0.3) is 21.6 Å². The number of para-hydroxylation sites is 1. The Balaban J connectivity index is 1.55. The third-order valence-corrected chi connectivity index (χ3v) is 5.07. The zero-order chi connectivity index (χ0) is 17.2. The molecule has 0 saturated carbocycles. The number of amides is 1. The van der Waals surface area contributed by atoms with Crippen molar-refractivity contribution < 1.29 is 4.79 Å². The van der Waals surface area contributed by atoms with E-state index in [0.717, 1.165) is 21.8 Å². The Labute approximate surface area is 149 Å². The molecule has 4 aromatic rings. The minimum absolute atomic E-state index is 0.148. The van der Waals surface area contributed by atoms with E-state index < -0.39 is 0 Å². The quantitative estimate of drug-likeness (QED) is 0.600. The molecule has 0 unspecified atom stereocenters. The number of carbonyl (C=O) groups excluding carboxylic acids is 1. The van der Waals surface area contributed by atoms with E-state index >= 15 is 0 Å². The molecule has 0 bridgehead atoms. The molecule has 4 rings (SSSR count). The van der Waals surface area contributed by atoms with Crippen LogP contribution in [0.1, 0.15) is 16.1 Å². The average Bonchev–Trinajstić information content (AvgIpc) is 3.26. The maximum Gasteiger partial charge on any atom is 0.271 e. The van der Waals surface area contributed by atoms with E-state index in [0.29, 0.717) is 12.2 Å². The fraction of sp³-hybridized carbons (Fsp3) is 0.100. The van der Waals surface area contributed by atoms with Gasteiger partial charge in [-0.1, -0.05) is 48.5 Å². The lowest BCUT2D eigenvalue weighted by Crippen LogP contribution is -2.23. The van der Waals surface area contributed by atoms with E-state index in [-0.39, 0.29) is 5.91 Å². The summed E-state index contributed by atoms with van der Waals surface area (Å²) in [6.07, 6.45) is 0. The molecule has 4 nitrogen and oxygen atoms in total. The van der Waals surface area contributed by atoms with Gasteiger partial charge in [-0.25, -0.2) is 4.98 Å². The highest BCUT2D eigenvalue weighted by molar-refractivity contribution is 7.13. The zero-order valence-corrected chi connectivity index (χ0v) is 14.6. The van der Waals surface area contributed by atoms with Crippen molar-refractivity contribution >= 4 is 28.1 Å². The number of hydrogen-bond acceptors (Lipinski definition) is 3. The molecule has 2 heterocycles. The van der Waals surface area contributed by atoms with Gasteiger partial charge in [0, 0.05) is 29.9 Å². The molecule has 0 spiro atoms. The number of aryl methyl sites for hydroxylation is 1. The normalized spacial score (nSPS) is 10.9. The Morgan fingerprint density at radius 1 is 1.12 bits per heavy atom. The van der Waals surface area contributed by atoms with Gasteiger partial charge in [-0.2, -0.15) is 0 Å². The summed E-state index contributed by atoms with van der Waals surface area (Å²) in [5.74, 6) is -0.148. The predicted molar refractivity (Wildman–Crippen MR) is 102 cm³/mol. The smallest absolute Gasteiger partial charge is 0.271 e. The molecule has 0 atom stereocenters. The van der Waals surface area contributed by atoms with Gasteiger partial charge >= 0.3 is 0 Å². The summed E-state index contributed by atoms with van der Waals surface area (Å²) >= 11 is 1.49. The second-order valence-corrected chi connectivity index (χ2v) is 6.71. The molecular formula is C20H17N3OS. The van der Waals surface area contributed by atoms with Gasteiger partial charge in [-0.15, -0.1) is 11.3 Å². The highest BCUT2D eigenvalue weighted by Crippen LogP contribution is 2.29. The van der Waals surface area contributed by atoms with Crippen molar-refractivity contribution in [2.24, 2.45) is 7.05 Å². The lowest BCUT2D eigenvalue weighted by molar-refractivity contribution is 0.0946. The fourth-order valence-corrected chi connectivity index (χ4v) is 3.71. The Bertz CT molecular complexity index is 1030. The number of carbonyl (C=O) groups is 1.